The number of hydrogen-bond acceptors (Lipinski definition) is 8. The van der Waals surface area contributed by atoms with E-state index in [1.807, 2.05) is 21.1 Å². The molecule has 0 aromatic carbocycles. The maximum absolute atomic E-state index is 12.9. The van der Waals surface area contributed by atoms with E-state index in [9.17, 15) is 19.5 Å². The van der Waals surface area contributed by atoms with Gasteiger partial charge in [0.2, 0.25) is 0 Å². The molecule has 0 saturated carbocycles. The molecule has 0 amide bonds. The highest BCUT2D eigenvalue weighted by atomic mass is 16.7. The van der Waals surface area contributed by atoms with Gasteiger partial charge in [0.05, 0.1) is 40.3 Å². The van der Waals surface area contributed by atoms with Gasteiger partial charge in [-0.05, 0) is 83.5 Å². The highest BCUT2D eigenvalue weighted by Crippen LogP contribution is 2.19. The SMILES string of the molecule is CCCCCCC/C=C\C/C=C\C/C=C\CCCCCCCCCCCCCCC(=O)OC(COC(=O)CCCCCCCCCCCCCCCCCCCCCCCCCCC/C=C\C/C=C\CCCCCCC)COC(OCC[N+](C)(C)C)C(=O)[O-]. The van der Waals surface area contributed by atoms with Gasteiger partial charge in [-0.2, -0.15) is 0 Å². The van der Waals surface area contributed by atoms with Gasteiger partial charge in [0.25, 0.3) is 0 Å². The Kier molecular flexibility index (Phi) is 68.5. The van der Waals surface area contributed by atoms with E-state index in [1.165, 1.54) is 283 Å². The van der Waals surface area contributed by atoms with Crippen LogP contribution in [0.25, 0.3) is 0 Å². The van der Waals surface area contributed by atoms with E-state index in [0.717, 1.165) is 57.8 Å². The van der Waals surface area contributed by atoms with Crippen LogP contribution in [0.4, 0.5) is 0 Å². The predicted octanol–water partition coefficient (Wildman–Crippen LogP) is 22.9. The van der Waals surface area contributed by atoms with Gasteiger partial charge in [-0.25, -0.2) is 0 Å². The molecule has 0 aliphatic carbocycles. The third-order valence-electron chi connectivity index (χ3n) is 17.2. The van der Waals surface area contributed by atoms with Gasteiger partial charge >= 0.3 is 11.9 Å². The van der Waals surface area contributed by atoms with Crippen molar-refractivity contribution in [2.24, 2.45) is 0 Å². The summed E-state index contributed by atoms with van der Waals surface area (Å²) in [5, 5.41) is 11.8. The lowest BCUT2D eigenvalue weighted by atomic mass is 10.0. The molecule has 0 spiro atoms. The third kappa shape index (κ3) is 72.3. The van der Waals surface area contributed by atoms with E-state index in [-0.39, 0.29) is 32.2 Å². The number of nitrogens with zero attached hydrogens (tertiary/aromatic N) is 1. The summed E-state index contributed by atoms with van der Waals surface area (Å²) in [6.45, 7) is 4.78. The van der Waals surface area contributed by atoms with Crippen molar-refractivity contribution in [2.45, 2.75) is 386 Å². The molecular weight excluding hydrogens is 1100 g/mol. The van der Waals surface area contributed by atoms with E-state index in [4.69, 9.17) is 18.9 Å². The van der Waals surface area contributed by atoms with Crippen LogP contribution in [0.3, 0.4) is 0 Å². The molecule has 0 radical (unpaired) electrons. The Morgan fingerprint density at radius 1 is 0.337 bits per heavy atom. The summed E-state index contributed by atoms with van der Waals surface area (Å²) < 4.78 is 22.9. The second kappa shape index (κ2) is 70.9. The number of carbonyl (C=O) groups excluding carboxylic acids is 3. The molecule has 0 N–H and O–H groups in total. The molecule has 89 heavy (non-hydrogen) atoms. The van der Waals surface area contributed by atoms with Gasteiger partial charge in [0.1, 0.15) is 13.2 Å². The van der Waals surface area contributed by atoms with E-state index >= 15 is 0 Å². The molecule has 0 aliphatic heterocycles. The smallest absolute Gasteiger partial charge is 0.306 e. The number of ether oxygens (including phenoxy) is 4. The molecule has 2 unspecified atom stereocenters. The summed E-state index contributed by atoms with van der Waals surface area (Å²) in [6, 6.07) is 0. The number of hydrogen-bond donors (Lipinski definition) is 0. The van der Waals surface area contributed by atoms with Crippen molar-refractivity contribution >= 4 is 17.9 Å². The number of carboxylic acid groups (broad SMARTS) is 1. The van der Waals surface area contributed by atoms with Gasteiger partial charge in [-0.15, -0.1) is 0 Å². The van der Waals surface area contributed by atoms with Crippen LogP contribution < -0.4 is 5.11 Å². The summed E-state index contributed by atoms with van der Waals surface area (Å²) in [5.41, 5.74) is 0. The molecule has 0 bridgehead atoms. The summed E-state index contributed by atoms with van der Waals surface area (Å²) in [5.74, 6) is -2.26. The summed E-state index contributed by atoms with van der Waals surface area (Å²) >= 11 is 0. The van der Waals surface area contributed by atoms with E-state index in [2.05, 4.69) is 74.6 Å². The van der Waals surface area contributed by atoms with Gasteiger partial charge in [0, 0.05) is 12.8 Å². The van der Waals surface area contributed by atoms with Crippen LogP contribution in [-0.4, -0.2) is 82.3 Å². The van der Waals surface area contributed by atoms with Crippen molar-refractivity contribution in [3.05, 3.63) is 60.8 Å². The molecule has 0 heterocycles. The molecule has 0 aromatic heterocycles. The number of quaternary nitrogens is 1. The zero-order chi connectivity index (χ0) is 64.7. The average Bonchev–Trinajstić information content (AvgIpc) is 3.64. The molecule has 9 heteroatoms. The van der Waals surface area contributed by atoms with E-state index in [1.54, 1.807) is 0 Å². The minimum absolute atomic E-state index is 0.148. The molecule has 0 aliphatic rings. The number of allylic oxidation sites excluding steroid dienone is 10. The van der Waals surface area contributed by atoms with Crippen molar-refractivity contribution in [1.82, 2.24) is 0 Å². The number of carbonyl (C=O) groups is 3. The molecule has 0 rings (SSSR count). The predicted molar refractivity (Wildman–Crippen MR) is 380 cm³/mol. The highest BCUT2D eigenvalue weighted by Gasteiger charge is 2.22. The maximum atomic E-state index is 12.9. The zero-order valence-electron chi connectivity index (χ0n) is 59.6. The first-order valence-electron chi connectivity index (χ1n) is 38.4. The quantitative estimate of drug-likeness (QED) is 0.0195. The Morgan fingerprint density at radius 3 is 0.899 bits per heavy atom. The van der Waals surface area contributed by atoms with Crippen LogP contribution in [0, 0.1) is 0 Å². The fourth-order valence-electron chi connectivity index (χ4n) is 11.3. The number of aliphatic carboxylic acids is 1. The molecule has 520 valence electrons. The molecular formula is C80H147NO8. The summed E-state index contributed by atoms with van der Waals surface area (Å²) in [7, 11) is 5.94. The Balaban J connectivity index is 4.00. The van der Waals surface area contributed by atoms with Crippen LogP contribution >= 0.6 is 0 Å². The summed E-state index contributed by atoms with van der Waals surface area (Å²) in [6.07, 6.45) is 90.5. The fourth-order valence-corrected chi connectivity index (χ4v) is 11.3. The maximum Gasteiger partial charge on any atom is 0.306 e. The van der Waals surface area contributed by atoms with Crippen LogP contribution in [0.15, 0.2) is 60.8 Å². The van der Waals surface area contributed by atoms with E-state index < -0.39 is 24.3 Å². The van der Waals surface area contributed by atoms with Gasteiger partial charge in [-0.3, -0.25) is 9.59 Å². The van der Waals surface area contributed by atoms with Gasteiger partial charge in [-0.1, -0.05) is 338 Å². The number of rotatable bonds is 72. The molecule has 0 saturated heterocycles. The van der Waals surface area contributed by atoms with Gasteiger partial charge < -0.3 is 33.3 Å². The normalized spacial score (nSPS) is 13.0. The van der Waals surface area contributed by atoms with Crippen molar-refractivity contribution < 1.29 is 42.9 Å². The lowest BCUT2D eigenvalue weighted by Crippen LogP contribution is -2.44. The number of unbranched alkanes of at least 4 members (excludes halogenated alkanes) is 47. The number of likely N-dealkylation sites (N-methyl/N-ethyl adjacent to an activating group) is 1. The van der Waals surface area contributed by atoms with Crippen LogP contribution in [0.2, 0.25) is 0 Å². The molecule has 0 aromatic rings. The average molecular weight is 1250 g/mol. The topological polar surface area (TPSA) is 111 Å². The van der Waals surface area contributed by atoms with Gasteiger partial charge in [0.15, 0.2) is 12.4 Å². The fraction of sp³-hybridized carbons (Fsp3) is 0.838. The Morgan fingerprint density at radius 2 is 0.607 bits per heavy atom. The first kappa shape index (κ1) is 86.0. The standard InChI is InChI=1S/C80H147NO8/c1-6-8-10-12-14-16-18-20-22-24-26-28-30-32-34-35-36-37-38-39-40-41-42-43-45-46-48-50-52-54-56-58-60-62-64-66-68-70-77(82)87-74-76(75-88-80(79(84)85)86-73-72-81(3,4)5)89-78(83)71-69-67-65-63-61-59-57-55-53-51-49-47-44-33-31-29-27-25-23-21-19-17-15-13-11-9-7-2/h18-21,24-27,31,33,76,80H,6-17,22-23,28-30,32,34-75H2,1-5H3/b20-18-,21-19-,26-24-,27-25-,33-31-. The van der Waals surface area contributed by atoms with Crippen molar-refractivity contribution in [3.63, 3.8) is 0 Å². The minimum Gasteiger partial charge on any atom is -0.545 e. The Hall–Kier alpha value is -3.01. The van der Waals surface area contributed by atoms with E-state index in [0.29, 0.717) is 23.9 Å². The van der Waals surface area contributed by atoms with Crippen molar-refractivity contribution in [1.29, 1.82) is 0 Å². The Labute approximate surface area is 552 Å². The largest absolute Gasteiger partial charge is 0.545 e. The summed E-state index contributed by atoms with van der Waals surface area (Å²) in [4.78, 5) is 37.6. The third-order valence-corrected chi connectivity index (χ3v) is 17.2. The van der Waals surface area contributed by atoms with Crippen molar-refractivity contribution in [3.8, 4) is 0 Å². The Bertz CT molecular complexity index is 1650. The first-order chi connectivity index (χ1) is 43.6. The first-order valence-corrected chi connectivity index (χ1v) is 38.4. The molecule has 9 nitrogen and oxygen atoms in total. The monoisotopic (exact) mass is 1250 g/mol. The molecule has 0 fully saturated rings. The number of carboxylic acids is 1. The van der Waals surface area contributed by atoms with Crippen molar-refractivity contribution in [2.75, 3.05) is 47.5 Å². The minimum atomic E-state index is -1.62. The lowest BCUT2D eigenvalue weighted by Gasteiger charge is -2.26. The zero-order valence-corrected chi connectivity index (χ0v) is 59.6. The second-order valence-electron chi connectivity index (χ2n) is 27.3. The second-order valence-corrected chi connectivity index (χ2v) is 27.3. The molecule has 2 atom stereocenters. The number of esters is 2. The lowest BCUT2D eigenvalue weighted by molar-refractivity contribution is -0.870. The highest BCUT2D eigenvalue weighted by molar-refractivity contribution is 5.70. The van der Waals surface area contributed by atoms with Crippen LogP contribution in [0.5, 0.6) is 0 Å². The van der Waals surface area contributed by atoms with Crippen LogP contribution in [-0.2, 0) is 33.3 Å². The van der Waals surface area contributed by atoms with Crippen LogP contribution in [0.1, 0.15) is 373 Å².